The molecule has 1 atom stereocenters. The first-order valence-corrected chi connectivity index (χ1v) is 6.66. The predicted molar refractivity (Wildman–Crippen MR) is 67.1 cm³/mol. The molecule has 1 aliphatic rings. The quantitative estimate of drug-likeness (QED) is 0.798. The Balaban J connectivity index is 1.94. The van der Waals surface area contributed by atoms with Crippen LogP contribution in [-0.4, -0.2) is 27.2 Å². The number of aryl methyl sites for hydroxylation is 1. The molecule has 3 rings (SSSR count). The lowest BCUT2D eigenvalue weighted by Gasteiger charge is -2.10. The second kappa shape index (κ2) is 4.01. The number of benzene rings is 1. The minimum absolute atomic E-state index is 0.334. The second-order valence-electron chi connectivity index (χ2n) is 4.05. The van der Waals surface area contributed by atoms with Crippen LogP contribution in [0, 0.1) is 0 Å². The van der Waals surface area contributed by atoms with E-state index in [2.05, 4.69) is 11.1 Å². The van der Waals surface area contributed by atoms with Gasteiger partial charge in [-0.3, -0.25) is 4.57 Å². The molecule has 0 bridgehead atoms. The van der Waals surface area contributed by atoms with Gasteiger partial charge in [-0.05, 0) is 24.3 Å². The molecule has 0 spiro atoms. The van der Waals surface area contributed by atoms with Crippen LogP contribution in [0.1, 0.15) is 6.42 Å². The normalized spacial score (nSPS) is 20.4. The van der Waals surface area contributed by atoms with E-state index in [1.165, 1.54) is 5.75 Å². The summed E-state index contributed by atoms with van der Waals surface area (Å²) in [5.74, 6) is 2.29. The van der Waals surface area contributed by atoms with Gasteiger partial charge in [-0.25, -0.2) is 0 Å². The van der Waals surface area contributed by atoms with E-state index >= 15 is 0 Å². The van der Waals surface area contributed by atoms with E-state index in [0.717, 1.165) is 29.2 Å². The van der Waals surface area contributed by atoms with Crippen LogP contribution < -0.4 is 4.74 Å². The smallest absolute Gasteiger partial charge is 0.297 e. The summed E-state index contributed by atoms with van der Waals surface area (Å²) in [7, 11) is 2.01. The van der Waals surface area contributed by atoms with Gasteiger partial charge in [0.1, 0.15) is 6.10 Å². The molecule has 0 radical (unpaired) electrons. The van der Waals surface area contributed by atoms with Gasteiger partial charge < -0.3 is 4.74 Å². The maximum atomic E-state index is 5.92. The third-order valence-corrected chi connectivity index (χ3v) is 4.04. The van der Waals surface area contributed by atoms with Gasteiger partial charge in [0.15, 0.2) is 0 Å². The number of para-hydroxylation sites is 2. The highest BCUT2D eigenvalue weighted by Crippen LogP contribution is 2.25. The molecular formula is C12H14N2OS. The summed E-state index contributed by atoms with van der Waals surface area (Å²) < 4.78 is 7.95. The van der Waals surface area contributed by atoms with Crippen LogP contribution in [0.4, 0.5) is 0 Å². The summed E-state index contributed by atoms with van der Waals surface area (Å²) in [6.07, 6.45) is 1.47. The highest BCUT2D eigenvalue weighted by atomic mass is 32.2. The average Bonchev–Trinajstić information content (AvgIpc) is 2.90. The Morgan fingerprint density at radius 1 is 1.44 bits per heavy atom. The van der Waals surface area contributed by atoms with Crippen LogP contribution >= 0.6 is 11.8 Å². The van der Waals surface area contributed by atoms with Crippen molar-refractivity contribution in [3.05, 3.63) is 24.3 Å². The van der Waals surface area contributed by atoms with Crippen molar-refractivity contribution in [3.63, 3.8) is 0 Å². The Morgan fingerprint density at radius 3 is 3.06 bits per heavy atom. The molecule has 1 aromatic heterocycles. The van der Waals surface area contributed by atoms with Crippen molar-refractivity contribution >= 4 is 22.8 Å². The SMILES string of the molecule is Cn1c(OC2CCSC2)nc2ccccc21. The minimum atomic E-state index is 0.334. The van der Waals surface area contributed by atoms with Crippen molar-refractivity contribution in [2.75, 3.05) is 11.5 Å². The van der Waals surface area contributed by atoms with Crippen molar-refractivity contribution in [1.82, 2.24) is 9.55 Å². The van der Waals surface area contributed by atoms with Gasteiger partial charge in [-0.2, -0.15) is 16.7 Å². The molecule has 3 nitrogen and oxygen atoms in total. The molecule has 1 aliphatic heterocycles. The molecule has 84 valence electrons. The third kappa shape index (κ3) is 1.67. The topological polar surface area (TPSA) is 27.1 Å². The van der Waals surface area contributed by atoms with Gasteiger partial charge >= 0.3 is 0 Å². The first kappa shape index (κ1) is 10.0. The van der Waals surface area contributed by atoms with E-state index in [1.54, 1.807) is 0 Å². The Labute approximate surface area is 98.8 Å². The fourth-order valence-electron chi connectivity index (χ4n) is 1.98. The largest absolute Gasteiger partial charge is 0.460 e. The molecule has 4 heteroatoms. The predicted octanol–water partition coefficient (Wildman–Crippen LogP) is 2.46. The third-order valence-electron chi connectivity index (χ3n) is 2.91. The molecule has 0 aliphatic carbocycles. The number of thioether (sulfide) groups is 1. The number of ether oxygens (including phenoxy) is 1. The Kier molecular flexibility index (Phi) is 2.52. The Hall–Kier alpha value is -1.16. The zero-order chi connectivity index (χ0) is 11.0. The summed E-state index contributed by atoms with van der Waals surface area (Å²) in [6.45, 7) is 0. The number of rotatable bonds is 2. The Bertz CT molecular complexity index is 503. The van der Waals surface area contributed by atoms with Crippen LogP contribution in [-0.2, 0) is 7.05 Å². The monoisotopic (exact) mass is 234 g/mol. The zero-order valence-electron chi connectivity index (χ0n) is 9.22. The highest BCUT2D eigenvalue weighted by molar-refractivity contribution is 7.99. The highest BCUT2D eigenvalue weighted by Gasteiger charge is 2.19. The van der Waals surface area contributed by atoms with Gasteiger partial charge in [0.05, 0.1) is 11.0 Å². The number of hydrogen-bond acceptors (Lipinski definition) is 3. The van der Waals surface area contributed by atoms with Crippen LogP contribution in [0.15, 0.2) is 24.3 Å². The van der Waals surface area contributed by atoms with Crippen LogP contribution in [0.25, 0.3) is 11.0 Å². The zero-order valence-corrected chi connectivity index (χ0v) is 10.0. The molecule has 16 heavy (non-hydrogen) atoms. The Morgan fingerprint density at radius 2 is 2.31 bits per heavy atom. The number of aromatic nitrogens is 2. The summed E-state index contributed by atoms with van der Waals surface area (Å²) in [6, 6.07) is 8.86. The molecule has 1 fully saturated rings. The summed E-state index contributed by atoms with van der Waals surface area (Å²) in [4.78, 5) is 4.51. The van der Waals surface area contributed by atoms with E-state index in [4.69, 9.17) is 4.74 Å². The maximum absolute atomic E-state index is 5.92. The number of fused-ring (bicyclic) bond motifs is 1. The molecule has 0 N–H and O–H groups in total. The van der Waals surface area contributed by atoms with Gasteiger partial charge in [0.25, 0.3) is 6.01 Å². The fraction of sp³-hybridized carbons (Fsp3) is 0.417. The van der Waals surface area contributed by atoms with E-state index in [9.17, 15) is 0 Å². The van der Waals surface area contributed by atoms with Crippen molar-refractivity contribution in [1.29, 1.82) is 0 Å². The van der Waals surface area contributed by atoms with Crippen molar-refractivity contribution in [2.45, 2.75) is 12.5 Å². The molecule has 1 unspecified atom stereocenters. The van der Waals surface area contributed by atoms with E-state index in [0.29, 0.717) is 6.10 Å². The van der Waals surface area contributed by atoms with Crippen LogP contribution in [0.5, 0.6) is 6.01 Å². The van der Waals surface area contributed by atoms with Crippen molar-refractivity contribution < 1.29 is 4.74 Å². The van der Waals surface area contributed by atoms with Gasteiger partial charge in [0, 0.05) is 12.8 Å². The summed E-state index contributed by atoms with van der Waals surface area (Å²) in [5, 5.41) is 0. The molecule has 1 saturated heterocycles. The van der Waals surface area contributed by atoms with Gasteiger partial charge in [0.2, 0.25) is 0 Å². The molecule has 2 heterocycles. The minimum Gasteiger partial charge on any atom is -0.460 e. The van der Waals surface area contributed by atoms with E-state index in [1.807, 2.05) is 41.6 Å². The lowest BCUT2D eigenvalue weighted by atomic mass is 10.3. The van der Waals surface area contributed by atoms with Crippen LogP contribution in [0.2, 0.25) is 0 Å². The number of nitrogens with zero attached hydrogens (tertiary/aromatic N) is 2. The molecule has 2 aromatic rings. The molecule has 0 saturated carbocycles. The van der Waals surface area contributed by atoms with Crippen molar-refractivity contribution in [3.8, 4) is 6.01 Å². The lowest BCUT2D eigenvalue weighted by molar-refractivity contribution is 0.205. The first-order chi connectivity index (χ1) is 7.84. The number of imidazole rings is 1. The van der Waals surface area contributed by atoms with Crippen LogP contribution in [0.3, 0.4) is 0 Å². The average molecular weight is 234 g/mol. The molecule has 1 aromatic carbocycles. The van der Waals surface area contributed by atoms with Crippen molar-refractivity contribution in [2.24, 2.45) is 7.05 Å². The van der Waals surface area contributed by atoms with Gasteiger partial charge in [-0.1, -0.05) is 12.1 Å². The summed E-state index contributed by atoms with van der Waals surface area (Å²) in [5.41, 5.74) is 2.13. The number of hydrogen-bond donors (Lipinski definition) is 0. The maximum Gasteiger partial charge on any atom is 0.297 e. The standard InChI is InChI=1S/C12H14N2OS/c1-14-11-5-3-2-4-10(11)13-12(14)15-9-6-7-16-8-9/h2-5,9H,6-8H2,1H3. The first-order valence-electron chi connectivity index (χ1n) is 5.50. The molecule has 0 amide bonds. The van der Waals surface area contributed by atoms with Gasteiger partial charge in [-0.15, -0.1) is 0 Å². The van der Waals surface area contributed by atoms with E-state index < -0.39 is 0 Å². The second-order valence-corrected chi connectivity index (χ2v) is 5.20. The van der Waals surface area contributed by atoms with E-state index in [-0.39, 0.29) is 0 Å². The lowest BCUT2D eigenvalue weighted by Crippen LogP contribution is -2.16. The molecular weight excluding hydrogens is 220 g/mol. The fourth-order valence-corrected chi connectivity index (χ4v) is 3.08. The summed E-state index contributed by atoms with van der Waals surface area (Å²) >= 11 is 1.95.